The van der Waals surface area contributed by atoms with Crippen LogP contribution in [0.3, 0.4) is 0 Å². The Bertz CT molecular complexity index is 516. The predicted octanol–water partition coefficient (Wildman–Crippen LogP) is 5.05. The summed E-state index contributed by atoms with van der Waals surface area (Å²) in [6.07, 6.45) is -29.6. The van der Waals surface area contributed by atoms with Crippen LogP contribution in [-0.4, -0.2) is 43.6 Å². The zero-order chi connectivity index (χ0) is 21.2. The zero-order valence-electron chi connectivity index (χ0n) is 11.4. The fraction of sp³-hybridized carbons (Fsp3) is 0.778. The summed E-state index contributed by atoms with van der Waals surface area (Å²) in [5.74, 6) is -7.05. The summed E-state index contributed by atoms with van der Waals surface area (Å²) in [7, 11) is 0. The molecule has 26 heavy (non-hydrogen) atoms. The molecular weight excluding hydrogens is 422 g/mol. The normalized spacial score (nSPS) is 16.2. The largest absolute Gasteiger partial charge is 0.471 e. The van der Waals surface area contributed by atoms with Crippen molar-refractivity contribution in [2.75, 3.05) is 13.3 Å². The molecule has 0 heterocycles. The highest BCUT2D eigenvalue weighted by Gasteiger charge is 2.80. The van der Waals surface area contributed by atoms with Crippen LogP contribution in [0.15, 0.2) is 12.1 Å². The van der Waals surface area contributed by atoms with Gasteiger partial charge in [-0.05, 0) is 0 Å². The maximum absolute atomic E-state index is 13.8. The molecule has 0 bridgehead atoms. The first-order valence-electron chi connectivity index (χ1n) is 5.48. The maximum Gasteiger partial charge on any atom is 0.471 e. The van der Waals surface area contributed by atoms with Crippen LogP contribution in [0.5, 0.6) is 0 Å². The van der Waals surface area contributed by atoms with Gasteiger partial charge >= 0.3 is 42.4 Å². The van der Waals surface area contributed by atoms with E-state index in [4.69, 9.17) is 0 Å². The van der Waals surface area contributed by atoms with Crippen LogP contribution in [0, 0.1) is 0 Å². The summed E-state index contributed by atoms with van der Waals surface area (Å²) in [5, 5.41) is 0. The number of hydrogen-bond acceptors (Lipinski definition) is 3. The maximum atomic E-state index is 13.8. The summed E-state index contributed by atoms with van der Waals surface area (Å²) in [5.41, 5.74) is 0. The van der Waals surface area contributed by atoms with Crippen molar-refractivity contribution in [1.29, 1.82) is 0 Å². The molecule has 0 saturated heterocycles. The summed E-state index contributed by atoms with van der Waals surface area (Å²) in [4.78, 5) is 0. The third-order valence-electron chi connectivity index (χ3n) is 1.99. The van der Waals surface area contributed by atoms with E-state index in [1.807, 2.05) is 4.74 Å². The molecular formula is C9H4F14O3. The van der Waals surface area contributed by atoms with E-state index in [0.29, 0.717) is 0 Å². The molecule has 0 spiro atoms. The highest BCUT2D eigenvalue weighted by Crippen LogP contribution is 2.51. The Labute approximate surface area is 133 Å². The van der Waals surface area contributed by atoms with E-state index in [1.165, 1.54) is 0 Å². The van der Waals surface area contributed by atoms with E-state index in [0.717, 1.165) is 0 Å². The van der Waals surface area contributed by atoms with Crippen molar-refractivity contribution in [3.63, 3.8) is 0 Å². The molecule has 1 atom stereocenters. The zero-order valence-corrected chi connectivity index (χ0v) is 11.4. The molecule has 0 N–H and O–H groups in total. The average molecular weight is 426 g/mol. The van der Waals surface area contributed by atoms with E-state index in [1.54, 1.807) is 0 Å². The Morgan fingerprint density at radius 2 is 1.00 bits per heavy atom. The van der Waals surface area contributed by atoms with E-state index in [-0.39, 0.29) is 0 Å². The van der Waals surface area contributed by atoms with Crippen LogP contribution in [-0.2, 0) is 14.2 Å². The molecule has 0 aliphatic carbocycles. The number of rotatable bonds is 10. The topological polar surface area (TPSA) is 27.7 Å². The smallest absolute Gasteiger partial charge is 0.398 e. The number of alkyl halides is 11. The number of ether oxygens (including phenoxy) is 3. The minimum Gasteiger partial charge on any atom is -0.398 e. The first-order chi connectivity index (χ1) is 11.4. The van der Waals surface area contributed by atoms with Gasteiger partial charge in [0.15, 0.2) is 13.3 Å². The molecule has 0 aromatic rings. The molecule has 1 unspecified atom stereocenters. The molecule has 0 rings (SSSR count). The van der Waals surface area contributed by atoms with Crippen molar-refractivity contribution >= 4 is 0 Å². The lowest BCUT2D eigenvalue weighted by molar-refractivity contribution is -0.538. The summed E-state index contributed by atoms with van der Waals surface area (Å²) < 4.78 is 182. The van der Waals surface area contributed by atoms with Crippen molar-refractivity contribution in [2.24, 2.45) is 0 Å². The number of hydrogen-bond donors (Lipinski definition) is 0. The summed E-state index contributed by atoms with van der Waals surface area (Å²) in [6, 6.07) is -3.82. The summed E-state index contributed by atoms with van der Waals surface area (Å²) >= 11 is 0. The molecule has 0 radical (unpaired) electrons. The molecule has 0 aromatic carbocycles. The van der Waals surface area contributed by atoms with Gasteiger partial charge in [-0.2, -0.15) is 52.7 Å². The van der Waals surface area contributed by atoms with Crippen molar-refractivity contribution in [3.05, 3.63) is 12.1 Å². The molecule has 0 fully saturated rings. The highest BCUT2D eigenvalue weighted by atomic mass is 19.3. The van der Waals surface area contributed by atoms with Crippen molar-refractivity contribution in [1.82, 2.24) is 0 Å². The Hall–Kier alpha value is -1.52. The lowest BCUT2D eigenvalue weighted by Gasteiger charge is -2.38. The number of halogens is 14. The van der Waals surface area contributed by atoms with Gasteiger partial charge in [-0.25, -0.2) is 13.5 Å². The molecule has 3 nitrogen and oxygen atoms in total. The van der Waals surface area contributed by atoms with Crippen LogP contribution >= 0.6 is 0 Å². The van der Waals surface area contributed by atoms with Crippen LogP contribution in [0.25, 0.3) is 0 Å². The van der Waals surface area contributed by atoms with E-state index >= 15 is 0 Å². The quantitative estimate of drug-likeness (QED) is 0.362. The van der Waals surface area contributed by atoms with Gasteiger partial charge in [-0.1, -0.05) is 0 Å². The van der Waals surface area contributed by atoms with Crippen LogP contribution in [0.2, 0.25) is 0 Å². The van der Waals surface area contributed by atoms with E-state index < -0.39 is 55.7 Å². The lowest BCUT2D eigenvalue weighted by Crippen LogP contribution is -2.64. The highest BCUT2D eigenvalue weighted by molar-refractivity contribution is 4.93. The molecule has 17 heteroatoms. The van der Waals surface area contributed by atoms with Gasteiger partial charge in [0.2, 0.25) is 0 Å². The van der Waals surface area contributed by atoms with Gasteiger partial charge in [0.05, 0.1) is 0 Å². The van der Waals surface area contributed by atoms with Gasteiger partial charge in [-0.15, -0.1) is 0 Å². The Morgan fingerprint density at radius 1 is 0.615 bits per heavy atom. The van der Waals surface area contributed by atoms with Crippen molar-refractivity contribution in [2.45, 2.75) is 30.3 Å². The fourth-order valence-electron chi connectivity index (χ4n) is 1.02. The Morgan fingerprint density at radius 3 is 1.35 bits per heavy atom. The van der Waals surface area contributed by atoms with Gasteiger partial charge in [0, 0.05) is 0 Å². The summed E-state index contributed by atoms with van der Waals surface area (Å²) in [6.45, 7) is -6.59. The van der Waals surface area contributed by atoms with Crippen molar-refractivity contribution < 1.29 is 75.7 Å². The Kier molecular flexibility index (Phi) is 7.17. The first-order valence-corrected chi connectivity index (χ1v) is 5.48. The lowest BCUT2D eigenvalue weighted by atomic mass is 10.2. The average Bonchev–Trinajstić information content (AvgIpc) is 2.44. The molecule has 0 aromatic heterocycles. The van der Waals surface area contributed by atoms with Gasteiger partial charge in [0.1, 0.15) is 0 Å². The molecule has 156 valence electrons. The first kappa shape index (κ1) is 24.5. The Balaban J connectivity index is 6.25. The third kappa shape index (κ3) is 5.49. The third-order valence-corrected chi connectivity index (χ3v) is 1.99. The minimum absolute atomic E-state index is 1.97. The predicted molar refractivity (Wildman–Crippen MR) is 49.2 cm³/mol. The van der Waals surface area contributed by atoms with Gasteiger partial charge in [0.25, 0.3) is 0 Å². The van der Waals surface area contributed by atoms with Crippen molar-refractivity contribution in [3.8, 4) is 0 Å². The second-order valence-corrected chi connectivity index (χ2v) is 4.01. The standard InChI is InChI=1S/C9H4F14O3/c10-1-5(15,16)25-7(19,8(20,21)24-4(14)3(12)13)9(22,23)26-6(17,18)2-11/h1-2H2. The van der Waals surface area contributed by atoms with E-state index in [2.05, 4.69) is 9.47 Å². The molecule has 0 amide bonds. The fourth-order valence-corrected chi connectivity index (χ4v) is 1.02. The van der Waals surface area contributed by atoms with Crippen LogP contribution < -0.4 is 0 Å². The SMILES string of the molecule is FCC(F)(F)OC(F)(F)C(F)(OC(F)(F)CF)C(F)(F)OC(F)=C(F)F. The van der Waals surface area contributed by atoms with Crippen LogP contribution in [0.4, 0.5) is 61.5 Å². The second kappa shape index (κ2) is 7.61. The second-order valence-electron chi connectivity index (χ2n) is 4.01. The van der Waals surface area contributed by atoms with Crippen LogP contribution in [0.1, 0.15) is 0 Å². The molecule has 0 saturated carbocycles. The monoisotopic (exact) mass is 426 g/mol. The van der Waals surface area contributed by atoms with E-state index in [9.17, 15) is 61.5 Å². The minimum atomic E-state index is -7.05. The molecule has 0 aliphatic rings. The van der Waals surface area contributed by atoms with Gasteiger partial charge < -0.3 is 4.74 Å². The molecule has 0 aliphatic heterocycles. The van der Waals surface area contributed by atoms with Gasteiger partial charge in [-0.3, -0.25) is 4.74 Å².